The molecule has 1 aromatic carbocycles. The van der Waals surface area contributed by atoms with Gasteiger partial charge in [0.1, 0.15) is 0 Å². The van der Waals surface area contributed by atoms with E-state index in [2.05, 4.69) is 37.4 Å². The maximum Gasteiger partial charge on any atom is 0.0696 e. The SMILES string of the molecule is Cc1ccc(CCC(O)C2CCCN2)c(C)c1. The maximum atomic E-state index is 10.1. The number of nitrogens with one attached hydrogen (secondary N) is 1. The Morgan fingerprint density at radius 1 is 1.41 bits per heavy atom. The van der Waals surface area contributed by atoms with Crippen LogP contribution in [-0.2, 0) is 6.42 Å². The Balaban J connectivity index is 1.88. The fraction of sp³-hybridized carbons (Fsp3) is 0.600. The third-order valence-corrected chi connectivity index (χ3v) is 3.77. The van der Waals surface area contributed by atoms with Gasteiger partial charge in [-0.25, -0.2) is 0 Å². The van der Waals surface area contributed by atoms with Gasteiger partial charge in [-0.2, -0.15) is 0 Å². The first kappa shape index (κ1) is 12.6. The zero-order chi connectivity index (χ0) is 12.3. The van der Waals surface area contributed by atoms with E-state index in [1.54, 1.807) is 0 Å². The molecule has 2 rings (SSSR count). The summed E-state index contributed by atoms with van der Waals surface area (Å²) in [5, 5.41) is 13.5. The van der Waals surface area contributed by atoms with Crippen LogP contribution in [0.25, 0.3) is 0 Å². The van der Waals surface area contributed by atoms with Crippen LogP contribution < -0.4 is 5.32 Å². The van der Waals surface area contributed by atoms with Gasteiger partial charge in [-0.1, -0.05) is 23.8 Å². The second kappa shape index (κ2) is 5.65. The van der Waals surface area contributed by atoms with Crippen molar-refractivity contribution in [3.8, 4) is 0 Å². The lowest BCUT2D eigenvalue weighted by Crippen LogP contribution is -2.34. The quantitative estimate of drug-likeness (QED) is 0.836. The molecule has 0 spiro atoms. The van der Waals surface area contributed by atoms with Gasteiger partial charge in [0.25, 0.3) is 0 Å². The van der Waals surface area contributed by atoms with Gasteiger partial charge in [0.15, 0.2) is 0 Å². The Morgan fingerprint density at radius 2 is 2.24 bits per heavy atom. The van der Waals surface area contributed by atoms with Gasteiger partial charge < -0.3 is 10.4 Å². The Kier molecular flexibility index (Phi) is 4.19. The van der Waals surface area contributed by atoms with E-state index in [0.717, 1.165) is 25.8 Å². The van der Waals surface area contributed by atoms with E-state index in [0.29, 0.717) is 6.04 Å². The molecular weight excluding hydrogens is 210 g/mol. The van der Waals surface area contributed by atoms with Gasteiger partial charge in [-0.05, 0) is 57.2 Å². The zero-order valence-corrected chi connectivity index (χ0v) is 10.9. The smallest absolute Gasteiger partial charge is 0.0696 e. The van der Waals surface area contributed by atoms with E-state index >= 15 is 0 Å². The van der Waals surface area contributed by atoms with Gasteiger partial charge in [-0.15, -0.1) is 0 Å². The molecule has 2 nitrogen and oxygen atoms in total. The highest BCUT2D eigenvalue weighted by atomic mass is 16.3. The first-order valence-corrected chi connectivity index (χ1v) is 6.64. The standard InChI is InChI=1S/C15H23NO/c1-11-5-6-13(12(2)10-11)7-8-15(17)14-4-3-9-16-14/h5-6,10,14-17H,3-4,7-9H2,1-2H3. The number of hydrogen-bond acceptors (Lipinski definition) is 2. The molecule has 0 saturated carbocycles. The zero-order valence-electron chi connectivity index (χ0n) is 10.9. The monoisotopic (exact) mass is 233 g/mol. The average molecular weight is 233 g/mol. The second-order valence-corrected chi connectivity index (χ2v) is 5.24. The van der Waals surface area contributed by atoms with Crippen molar-refractivity contribution in [1.82, 2.24) is 5.32 Å². The van der Waals surface area contributed by atoms with Gasteiger partial charge >= 0.3 is 0 Å². The molecule has 1 aliphatic rings. The second-order valence-electron chi connectivity index (χ2n) is 5.24. The minimum Gasteiger partial charge on any atom is -0.391 e. The number of aliphatic hydroxyl groups excluding tert-OH is 1. The van der Waals surface area contributed by atoms with Crippen LogP contribution >= 0.6 is 0 Å². The highest BCUT2D eigenvalue weighted by Crippen LogP contribution is 2.17. The van der Waals surface area contributed by atoms with Crippen LogP contribution in [0.3, 0.4) is 0 Å². The summed E-state index contributed by atoms with van der Waals surface area (Å²) >= 11 is 0. The summed E-state index contributed by atoms with van der Waals surface area (Å²) in [5.74, 6) is 0. The van der Waals surface area contributed by atoms with Crippen LogP contribution in [0.15, 0.2) is 18.2 Å². The molecule has 0 bridgehead atoms. The van der Waals surface area contributed by atoms with Crippen LogP contribution in [0.5, 0.6) is 0 Å². The van der Waals surface area contributed by atoms with Crippen molar-refractivity contribution in [2.24, 2.45) is 0 Å². The highest BCUT2D eigenvalue weighted by Gasteiger charge is 2.22. The molecule has 2 unspecified atom stereocenters. The van der Waals surface area contributed by atoms with Crippen molar-refractivity contribution in [3.63, 3.8) is 0 Å². The van der Waals surface area contributed by atoms with Crippen molar-refractivity contribution in [1.29, 1.82) is 0 Å². The van der Waals surface area contributed by atoms with E-state index in [1.165, 1.54) is 23.1 Å². The third kappa shape index (κ3) is 3.30. The third-order valence-electron chi connectivity index (χ3n) is 3.77. The van der Waals surface area contributed by atoms with Crippen molar-refractivity contribution in [3.05, 3.63) is 34.9 Å². The number of aryl methyl sites for hydroxylation is 3. The van der Waals surface area contributed by atoms with E-state index in [4.69, 9.17) is 0 Å². The summed E-state index contributed by atoms with van der Waals surface area (Å²) in [6.07, 6.45) is 3.96. The molecule has 17 heavy (non-hydrogen) atoms. The van der Waals surface area contributed by atoms with E-state index < -0.39 is 0 Å². The molecule has 94 valence electrons. The van der Waals surface area contributed by atoms with Crippen LogP contribution in [0, 0.1) is 13.8 Å². The lowest BCUT2D eigenvalue weighted by Gasteiger charge is -2.18. The normalized spacial score (nSPS) is 21.7. The summed E-state index contributed by atoms with van der Waals surface area (Å²) < 4.78 is 0. The van der Waals surface area contributed by atoms with Crippen LogP contribution in [0.2, 0.25) is 0 Å². The molecule has 2 heteroatoms. The van der Waals surface area contributed by atoms with Crippen LogP contribution in [0.4, 0.5) is 0 Å². The minimum atomic E-state index is -0.196. The van der Waals surface area contributed by atoms with Crippen LogP contribution in [0.1, 0.15) is 36.0 Å². The lowest BCUT2D eigenvalue weighted by atomic mass is 9.97. The molecule has 1 heterocycles. The Labute approximate surface area is 104 Å². The van der Waals surface area contributed by atoms with Gasteiger partial charge in [-0.3, -0.25) is 0 Å². The molecule has 0 amide bonds. The first-order chi connectivity index (χ1) is 8.16. The Bertz CT molecular complexity index is 369. The number of benzene rings is 1. The molecule has 1 aliphatic heterocycles. The number of aliphatic hydroxyl groups is 1. The molecule has 1 aromatic rings. The molecule has 2 N–H and O–H groups in total. The highest BCUT2D eigenvalue weighted by molar-refractivity contribution is 5.30. The topological polar surface area (TPSA) is 32.3 Å². The summed E-state index contributed by atoms with van der Waals surface area (Å²) in [7, 11) is 0. The van der Waals surface area contributed by atoms with E-state index in [1.807, 2.05) is 0 Å². The molecule has 0 aromatic heterocycles. The predicted octanol–water partition coefficient (Wildman–Crippen LogP) is 2.35. The van der Waals surface area contributed by atoms with Gasteiger partial charge in [0, 0.05) is 6.04 Å². The molecular formula is C15H23NO. The minimum absolute atomic E-state index is 0.196. The number of rotatable bonds is 4. The molecule has 0 radical (unpaired) electrons. The summed E-state index contributed by atoms with van der Waals surface area (Å²) in [5.41, 5.74) is 4.02. The molecule has 2 atom stereocenters. The first-order valence-electron chi connectivity index (χ1n) is 6.64. The fourth-order valence-electron chi connectivity index (χ4n) is 2.67. The average Bonchev–Trinajstić information content (AvgIpc) is 2.81. The summed E-state index contributed by atoms with van der Waals surface area (Å²) in [6.45, 7) is 5.34. The maximum absolute atomic E-state index is 10.1. The van der Waals surface area contributed by atoms with Crippen molar-refractivity contribution in [2.45, 2.75) is 51.7 Å². The van der Waals surface area contributed by atoms with Gasteiger partial charge in [0.2, 0.25) is 0 Å². The van der Waals surface area contributed by atoms with E-state index in [9.17, 15) is 5.11 Å². The Hall–Kier alpha value is -0.860. The van der Waals surface area contributed by atoms with Crippen molar-refractivity contribution in [2.75, 3.05) is 6.54 Å². The summed E-state index contributed by atoms with van der Waals surface area (Å²) in [4.78, 5) is 0. The van der Waals surface area contributed by atoms with Crippen LogP contribution in [-0.4, -0.2) is 23.8 Å². The molecule has 1 saturated heterocycles. The van der Waals surface area contributed by atoms with Crippen molar-refractivity contribution >= 4 is 0 Å². The number of hydrogen-bond donors (Lipinski definition) is 2. The lowest BCUT2D eigenvalue weighted by molar-refractivity contribution is 0.127. The van der Waals surface area contributed by atoms with E-state index in [-0.39, 0.29) is 6.10 Å². The van der Waals surface area contributed by atoms with Crippen molar-refractivity contribution < 1.29 is 5.11 Å². The van der Waals surface area contributed by atoms with Gasteiger partial charge in [0.05, 0.1) is 6.10 Å². The molecule has 0 aliphatic carbocycles. The fourth-order valence-corrected chi connectivity index (χ4v) is 2.67. The molecule has 1 fully saturated rings. The predicted molar refractivity (Wildman–Crippen MR) is 71.3 cm³/mol. The Morgan fingerprint density at radius 3 is 2.88 bits per heavy atom. The largest absolute Gasteiger partial charge is 0.391 e. The summed E-state index contributed by atoms with van der Waals surface area (Å²) in [6, 6.07) is 6.89.